The topological polar surface area (TPSA) is 102 Å². The molecule has 162 valence electrons. The van der Waals surface area contributed by atoms with Crippen molar-refractivity contribution in [2.24, 2.45) is 5.92 Å². The minimum atomic E-state index is -1.97. The number of hydrogen-bond donors (Lipinski definition) is 1. The van der Waals surface area contributed by atoms with Crippen LogP contribution in [0.4, 0.5) is 0 Å². The molecule has 1 N–H and O–H groups in total. The SMILES string of the molecule is COC1=C(c2ccc(OC)c(OC)c2)OC2=CC(O)(OC)C(OC)=C(OC)C2C1=O. The molecule has 1 aliphatic carbocycles. The third-order valence-corrected chi connectivity index (χ3v) is 4.93. The molecule has 1 aromatic carbocycles. The number of rotatable bonds is 7. The van der Waals surface area contributed by atoms with Crippen molar-refractivity contribution in [3.8, 4) is 11.5 Å². The first-order chi connectivity index (χ1) is 14.4. The maximum Gasteiger partial charge on any atom is 0.252 e. The van der Waals surface area contributed by atoms with Crippen molar-refractivity contribution in [2.75, 3.05) is 42.7 Å². The van der Waals surface area contributed by atoms with E-state index in [-0.39, 0.29) is 28.8 Å². The quantitative estimate of drug-likeness (QED) is 0.663. The minimum Gasteiger partial charge on any atom is -0.496 e. The number of ketones is 1. The van der Waals surface area contributed by atoms with E-state index in [2.05, 4.69) is 0 Å². The summed E-state index contributed by atoms with van der Waals surface area (Å²) in [6.45, 7) is 0. The Hall–Kier alpha value is -3.17. The molecular formula is C21H24O9. The van der Waals surface area contributed by atoms with Gasteiger partial charge in [0, 0.05) is 18.7 Å². The van der Waals surface area contributed by atoms with Crippen LogP contribution in [0.5, 0.6) is 11.5 Å². The van der Waals surface area contributed by atoms with E-state index < -0.39 is 17.5 Å². The van der Waals surface area contributed by atoms with Crippen LogP contribution in [0.25, 0.3) is 5.76 Å². The highest BCUT2D eigenvalue weighted by molar-refractivity contribution is 6.05. The highest BCUT2D eigenvalue weighted by Crippen LogP contribution is 2.45. The Labute approximate surface area is 174 Å². The van der Waals surface area contributed by atoms with Crippen LogP contribution in [0.3, 0.4) is 0 Å². The maximum absolute atomic E-state index is 13.3. The van der Waals surface area contributed by atoms with E-state index in [9.17, 15) is 9.90 Å². The van der Waals surface area contributed by atoms with Crippen LogP contribution >= 0.6 is 0 Å². The Morgan fingerprint density at radius 1 is 0.933 bits per heavy atom. The molecule has 0 amide bonds. The smallest absolute Gasteiger partial charge is 0.252 e. The maximum atomic E-state index is 13.3. The fourth-order valence-electron chi connectivity index (χ4n) is 3.49. The largest absolute Gasteiger partial charge is 0.496 e. The number of fused-ring (bicyclic) bond motifs is 1. The monoisotopic (exact) mass is 420 g/mol. The molecule has 0 aromatic heterocycles. The molecule has 9 heteroatoms. The lowest BCUT2D eigenvalue weighted by Gasteiger charge is -2.37. The van der Waals surface area contributed by atoms with Gasteiger partial charge in [-0.1, -0.05) is 0 Å². The van der Waals surface area contributed by atoms with Gasteiger partial charge in [0.1, 0.15) is 11.7 Å². The number of hydrogen-bond acceptors (Lipinski definition) is 9. The van der Waals surface area contributed by atoms with Gasteiger partial charge in [0.2, 0.25) is 11.5 Å². The van der Waals surface area contributed by atoms with E-state index in [0.29, 0.717) is 17.1 Å². The van der Waals surface area contributed by atoms with Gasteiger partial charge in [0.25, 0.3) is 5.79 Å². The predicted molar refractivity (Wildman–Crippen MR) is 104 cm³/mol. The van der Waals surface area contributed by atoms with Gasteiger partial charge in [0.15, 0.2) is 28.8 Å². The summed E-state index contributed by atoms with van der Waals surface area (Å²) in [5.74, 6) is -2.18. The zero-order valence-electron chi connectivity index (χ0n) is 17.6. The molecule has 30 heavy (non-hydrogen) atoms. The summed E-state index contributed by atoms with van der Waals surface area (Å²) < 4.78 is 37.9. The van der Waals surface area contributed by atoms with Crippen molar-refractivity contribution in [3.05, 3.63) is 52.9 Å². The Bertz CT molecular complexity index is 944. The first-order valence-corrected chi connectivity index (χ1v) is 8.94. The predicted octanol–water partition coefficient (Wildman–Crippen LogP) is 1.97. The van der Waals surface area contributed by atoms with Gasteiger partial charge in [-0.3, -0.25) is 4.79 Å². The highest BCUT2D eigenvalue weighted by Gasteiger charge is 2.50. The van der Waals surface area contributed by atoms with Crippen molar-refractivity contribution in [1.82, 2.24) is 0 Å². The molecule has 0 saturated carbocycles. The lowest BCUT2D eigenvalue weighted by atomic mass is 9.86. The van der Waals surface area contributed by atoms with Gasteiger partial charge in [-0.15, -0.1) is 0 Å². The first kappa shape index (κ1) is 21.5. The Morgan fingerprint density at radius 2 is 1.63 bits per heavy atom. The lowest BCUT2D eigenvalue weighted by Crippen LogP contribution is -2.42. The van der Waals surface area contributed by atoms with Gasteiger partial charge < -0.3 is 38.3 Å². The fraction of sp³-hybridized carbons (Fsp3) is 0.381. The van der Waals surface area contributed by atoms with Gasteiger partial charge in [0.05, 0.1) is 35.5 Å². The van der Waals surface area contributed by atoms with Gasteiger partial charge in [-0.25, -0.2) is 0 Å². The molecule has 1 heterocycles. The van der Waals surface area contributed by atoms with Crippen molar-refractivity contribution < 1.29 is 43.1 Å². The minimum absolute atomic E-state index is 0.0165. The standard InChI is InChI=1S/C21H24O9/c1-24-12-8-7-11(9-13(12)25-2)17-19(27-4)16(22)15-14(30-17)10-21(23,29-6)20(28-5)18(15)26-3/h7-10,15,23H,1-6H3. The molecule has 1 aromatic rings. The first-order valence-electron chi connectivity index (χ1n) is 8.94. The van der Waals surface area contributed by atoms with Crippen molar-refractivity contribution in [3.63, 3.8) is 0 Å². The van der Waals surface area contributed by atoms with Crippen LogP contribution in [0.2, 0.25) is 0 Å². The molecule has 0 spiro atoms. The van der Waals surface area contributed by atoms with Gasteiger partial charge in [-0.05, 0) is 18.2 Å². The van der Waals surface area contributed by atoms with E-state index >= 15 is 0 Å². The molecule has 2 atom stereocenters. The second kappa shape index (κ2) is 8.29. The number of allylic oxidation sites excluding steroid dienone is 1. The molecule has 2 aliphatic rings. The highest BCUT2D eigenvalue weighted by atomic mass is 16.6. The Morgan fingerprint density at radius 3 is 2.17 bits per heavy atom. The lowest BCUT2D eigenvalue weighted by molar-refractivity contribution is -0.154. The number of ether oxygens (including phenoxy) is 7. The average Bonchev–Trinajstić information content (AvgIpc) is 2.77. The summed E-state index contributed by atoms with van der Waals surface area (Å²) in [6.07, 6.45) is 1.27. The zero-order chi connectivity index (χ0) is 22.1. The third kappa shape index (κ3) is 3.25. The summed E-state index contributed by atoms with van der Waals surface area (Å²) >= 11 is 0. The molecule has 1 aliphatic heterocycles. The summed E-state index contributed by atoms with van der Waals surface area (Å²) in [4.78, 5) is 13.3. The summed E-state index contributed by atoms with van der Waals surface area (Å²) in [5.41, 5.74) is 0.513. The van der Waals surface area contributed by atoms with Gasteiger partial charge in [-0.2, -0.15) is 0 Å². The van der Waals surface area contributed by atoms with Crippen LogP contribution in [-0.4, -0.2) is 59.3 Å². The second-order valence-corrected chi connectivity index (χ2v) is 6.38. The van der Waals surface area contributed by atoms with E-state index in [1.807, 2.05) is 0 Å². The van der Waals surface area contributed by atoms with Gasteiger partial charge >= 0.3 is 0 Å². The number of aliphatic hydroxyl groups is 1. The molecule has 0 saturated heterocycles. The number of Topliss-reactive ketones (excluding diaryl/α,β-unsaturated/α-hetero) is 1. The van der Waals surface area contributed by atoms with Crippen LogP contribution in [0.15, 0.2) is 47.3 Å². The van der Waals surface area contributed by atoms with Crippen molar-refractivity contribution >= 4 is 11.5 Å². The van der Waals surface area contributed by atoms with Crippen molar-refractivity contribution in [1.29, 1.82) is 0 Å². The number of methoxy groups -OCH3 is 6. The number of carbonyl (C=O) groups excluding carboxylic acids is 1. The summed E-state index contributed by atoms with van der Waals surface area (Å²) in [5, 5.41) is 10.9. The van der Waals surface area contributed by atoms with E-state index in [1.165, 1.54) is 48.7 Å². The average molecular weight is 420 g/mol. The fourth-order valence-corrected chi connectivity index (χ4v) is 3.49. The second-order valence-electron chi connectivity index (χ2n) is 6.38. The Balaban J connectivity index is 2.19. The molecule has 3 rings (SSSR count). The molecular weight excluding hydrogens is 396 g/mol. The molecule has 0 bridgehead atoms. The van der Waals surface area contributed by atoms with Crippen molar-refractivity contribution in [2.45, 2.75) is 5.79 Å². The third-order valence-electron chi connectivity index (χ3n) is 4.93. The molecule has 0 fully saturated rings. The van der Waals surface area contributed by atoms with Crippen LogP contribution in [-0.2, 0) is 28.5 Å². The summed E-state index contributed by atoms with van der Waals surface area (Å²) in [7, 11) is 8.38. The molecule has 0 radical (unpaired) electrons. The molecule has 2 unspecified atom stereocenters. The van der Waals surface area contributed by atoms with Crippen LogP contribution in [0, 0.1) is 5.92 Å². The Kier molecular flexibility index (Phi) is 5.95. The zero-order valence-corrected chi connectivity index (χ0v) is 17.6. The van der Waals surface area contributed by atoms with E-state index in [1.54, 1.807) is 18.2 Å². The summed E-state index contributed by atoms with van der Waals surface area (Å²) in [6, 6.07) is 5.03. The van der Waals surface area contributed by atoms with E-state index in [0.717, 1.165) is 0 Å². The van der Waals surface area contributed by atoms with Crippen LogP contribution in [0.1, 0.15) is 5.56 Å². The van der Waals surface area contributed by atoms with E-state index in [4.69, 9.17) is 33.2 Å². The normalized spacial score (nSPS) is 23.4. The molecule has 9 nitrogen and oxygen atoms in total. The van der Waals surface area contributed by atoms with Crippen LogP contribution < -0.4 is 9.47 Å². The number of carbonyl (C=O) groups is 1. The number of benzene rings is 1.